The SMILES string of the molecule is CS(=O)(=O)N1CC=C(c2cc3c(-c4cc(F)cc(F)c4)ccnc3[nH]2)CC1. The van der Waals surface area contributed by atoms with Gasteiger partial charge >= 0.3 is 0 Å². The van der Waals surface area contributed by atoms with E-state index in [1.807, 2.05) is 12.1 Å². The van der Waals surface area contributed by atoms with Gasteiger partial charge in [-0.25, -0.2) is 22.2 Å². The zero-order valence-electron chi connectivity index (χ0n) is 14.5. The van der Waals surface area contributed by atoms with Gasteiger partial charge in [0.05, 0.1) is 6.26 Å². The zero-order valence-corrected chi connectivity index (χ0v) is 15.4. The van der Waals surface area contributed by atoms with E-state index in [1.54, 1.807) is 12.3 Å². The number of aromatic amines is 1. The molecule has 0 amide bonds. The lowest BCUT2D eigenvalue weighted by molar-refractivity contribution is 0.445. The molecule has 2 aromatic heterocycles. The van der Waals surface area contributed by atoms with Crippen LogP contribution in [-0.2, 0) is 10.0 Å². The number of nitrogens with one attached hydrogen (secondary N) is 1. The van der Waals surface area contributed by atoms with Crippen molar-refractivity contribution in [2.24, 2.45) is 0 Å². The number of hydrogen-bond acceptors (Lipinski definition) is 3. The Hall–Kier alpha value is -2.58. The van der Waals surface area contributed by atoms with Crippen molar-refractivity contribution in [2.45, 2.75) is 6.42 Å². The largest absolute Gasteiger partial charge is 0.339 e. The van der Waals surface area contributed by atoms with Crippen molar-refractivity contribution in [1.29, 1.82) is 0 Å². The highest BCUT2D eigenvalue weighted by Crippen LogP contribution is 2.32. The van der Waals surface area contributed by atoms with Crippen molar-refractivity contribution in [3.8, 4) is 11.1 Å². The van der Waals surface area contributed by atoms with Gasteiger partial charge in [0.2, 0.25) is 10.0 Å². The molecule has 0 fully saturated rings. The van der Waals surface area contributed by atoms with Gasteiger partial charge in [0.15, 0.2) is 0 Å². The van der Waals surface area contributed by atoms with E-state index in [9.17, 15) is 17.2 Å². The molecule has 27 heavy (non-hydrogen) atoms. The quantitative estimate of drug-likeness (QED) is 0.745. The van der Waals surface area contributed by atoms with Gasteiger partial charge in [-0.1, -0.05) is 6.08 Å². The number of halogens is 2. The summed E-state index contributed by atoms with van der Waals surface area (Å²) in [6.07, 6.45) is 5.23. The van der Waals surface area contributed by atoms with Crippen LogP contribution in [0, 0.1) is 11.6 Å². The number of hydrogen-bond donors (Lipinski definition) is 1. The smallest absolute Gasteiger partial charge is 0.211 e. The molecule has 3 aromatic rings. The second-order valence-corrected chi connectivity index (χ2v) is 8.54. The third-order valence-corrected chi connectivity index (χ3v) is 5.96. The second-order valence-electron chi connectivity index (χ2n) is 6.56. The summed E-state index contributed by atoms with van der Waals surface area (Å²) < 4.78 is 51.9. The number of H-pyrrole nitrogens is 1. The van der Waals surface area contributed by atoms with E-state index >= 15 is 0 Å². The lowest BCUT2D eigenvalue weighted by atomic mass is 10.0. The second kappa shape index (κ2) is 6.54. The summed E-state index contributed by atoms with van der Waals surface area (Å²) in [4.78, 5) is 7.53. The molecule has 1 aliphatic heterocycles. The summed E-state index contributed by atoms with van der Waals surface area (Å²) >= 11 is 0. The van der Waals surface area contributed by atoms with Gasteiger partial charge in [-0.05, 0) is 47.4 Å². The first kappa shape index (κ1) is 17.8. The third kappa shape index (κ3) is 3.50. The molecule has 0 radical (unpaired) electrons. The van der Waals surface area contributed by atoms with Crippen molar-refractivity contribution in [3.05, 3.63) is 59.9 Å². The van der Waals surface area contributed by atoms with E-state index < -0.39 is 21.7 Å². The Kier molecular flexibility index (Phi) is 4.32. The van der Waals surface area contributed by atoms with Gasteiger partial charge in [0.25, 0.3) is 0 Å². The van der Waals surface area contributed by atoms with Crippen molar-refractivity contribution < 1.29 is 17.2 Å². The Morgan fingerprint density at radius 1 is 1.15 bits per heavy atom. The van der Waals surface area contributed by atoms with Crippen molar-refractivity contribution in [3.63, 3.8) is 0 Å². The van der Waals surface area contributed by atoms with Crippen LogP contribution in [0.25, 0.3) is 27.7 Å². The highest BCUT2D eigenvalue weighted by atomic mass is 32.2. The Morgan fingerprint density at radius 3 is 2.52 bits per heavy atom. The summed E-state index contributed by atoms with van der Waals surface area (Å²) in [5, 5.41) is 0.754. The summed E-state index contributed by atoms with van der Waals surface area (Å²) in [6.45, 7) is 0.731. The maximum absolute atomic E-state index is 13.6. The van der Waals surface area contributed by atoms with Crippen LogP contribution in [0.15, 0.2) is 42.6 Å². The van der Waals surface area contributed by atoms with Gasteiger partial charge < -0.3 is 4.98 Å². The van der Waals surface area contributed by atoms with Crippen LogP contribution in [0.5, 0.6) is 0 Å². The van der Waals surface area contributed by atoms with E-state index in [0.717, 1.165) is 22.7 Å². The molecule has 0 saturated heterocycles. The number of nitrogens with zero attached hydrogens (tertiary/aromatic N) is 2. The molecule has 5 nitrogen and oxygen atoms in total. The topological polar surface area (TPSA) is 66.1 Å². The van der Waals surface area contributed by atoms with E-state index in [0.29, 0.717) is 36.3 Å². The van der Waals surface area contributed by atoms with Gasteiger partial charge in [0.1, 0.15) is 17.3 Å². The van der Waals surface area contributed by atoms with Crippen LogP contribution >= 0.6 is 0 Å². The van der Waals surface area contributed by atoms with Crippen LogP contribution in [0.2, 0.25) is 0 Å². The normalized spacial score (nSPS) is 15.9. The number of pyridine rings is 1. The molecule has 0 spiro atoms. The highest BCUT2D eigenvalue weighted by molar-refractivity contribution is 7.88. The Labute approximate surface area is 155 Å². The summed E-state index contributed by atoms with van der Waals surface area (Å²) in [5.74, 6) is -1.27. The van der Waals surface area contributed by atoms with Crippen molar-refractivity contribution >= 4 is 26.6 Å². The first-order valence-corrected chi connectivity index (χ1v) is 10.2. The third-order valence-electron chi connectivity index (χ3n) is 4.69. The van der Waals surface area contributed by atoms with E-state index in [4.69, 9.17) is 0 Å². The average Bonchev–Trinajstić information content (AvgIpc) is 3.04. The standard InChI is InChI=1S/C19H17F2N3O2S/c1-27(25,26)24-6-3-12(4-7-24)18-11-17-16(2-5-22-19(17)23-18)13-8-14(20)10-15(21)9-13/h2-3,5,8-11H,4,6-7H2,1H3,(H,22,23). The molecule has 1 N–H and O–H groups in total. The van der Waals surface area contributed by atoms with Gasteiger partial charge in [-0.2, -0.15) is 4.31 Å². The number of benzene rings is 1. The summed E-state index contributed by atoms with van der Waals surface area (Å²) in [5.41, 5.74) is 3.54. The van der Waals surface area contributed by atoms with Crippen molar-refractivity contribution in [1.82, 2.24) is 14.3 Å². The van der Waals surface area contributed by atoms with Gasteiger partial charge in [-0.3, -0.25) is 0 Å². The molecule has 1 aliphatic rings. The fourth-order valence-electron chi connectivity index (χ4n) is 3.36. The minimum absolute atomic E-state index is 0.318. The Bertz CT molecular complexity index is 1150. The van der Waals surface area contributed by atoms with Crippen molar-refractivity contribution in [2.75, 3.05) is 19.3 Å². The lowest BCUT2D eigenvalue weighted by Crippen LogP contribution is -2.33. The molecule has 0 atom stereocenters. The molecule has 8 heteroatoms. The minimum atomic E-state index is -3.21. The number of aromatic nitrogens is 2. The maximum Gasteiger partial charge on any atom is 0.211 e. The molecule has 0 bridgehead atoms. The molecule has 0 saturated carbocycles. The van der Waals surface area contributed by atoms with Crippen LogP contribution in [0.3, 0.4) is 0 Å². The minimum Gasteiger partial charge on any atom is -0.339 e. The van der Waals surface area contributed by atoms with E-state index in [-0.39, 0.29) is 0 Å². The summed E-state index contributed by atoms with van der Waals surface area (Å²) in [7, 11) is -3.21. The molecule has 0 unspecified atom stereocenters. The molecule has 0 aliphatic carbocycles. The number of sulfonamides is 1. The molecule has 4 rings (SSSR count). The first-order valence-electron chi connectivity index (χ1n) is 8.40. The van der Waals surface area contributed by atoms with E-state index in [2.05, 4.69) is 9.97 Å². The number of fused-ring (bicyclic) bond motifs is 1. The fraction of sp³-hybridized carbons (Fsp3) is 0.211. The van der Waals surface area contributed by atoms with Crippen LogP contribution in [0.1, 0.15) is 12.1 Å². The fourth-order valence-corrected chi connectivity index (χ4v) is 4.13. The predicted molar refractivity (Wildman–Crippen MR) is 100 cm³/mol. The van der Waals surface area contributed by atoms with Crippen LogP contribution in [0.4, 0.5) is 8.78 Å². The zero-order chi connectivity index (χ0) is 19.2. The molecule has 1 aromatic carbocycles. The monoisotopic (exact) mass is 389 g/mol. The van der Waals surface area contributed by atoms with E-state index in [1.165, 1.54) is 22.7 Å². The lowest BCUT2D eigenvalue weighted by Gasteiger charge is -2.23. The average molecular weight is 389 g/mol. The van der Waals surface area contributed by atoms with Crippen LogP contribution < -0.4 is 0 Å². The summed E-state index contributed by atoms with van der Waals surface area (Å²) in [6, 6.07) is 7.02. The maximum atomic E-state index is 13.6. The predicted octanol–water partition coefficient (Wildman–Crippen LogP) is 3.56. The Morgan fingerprint density at radius 2 is 1.89 bits per heavy atom. The Balaban J connectivity index is 1.75. The van der Waals surface area contributed by atoms with Gasteiger partial charge in [-0.15, -0.1) is 0 Å². The van der Waals surface area contributed by atoms with Crippen LogP contribution in [-0.4, -0.2) is 42.0 Å². The molecule has 3 heterocycles. The molecular weight excluding hydrogens is 372 g/mol. The molecular formula is C19H17F2N3O2S. The highest BCUT2D eigenvalue weighted by Gasteiger charge is 2.21. The number of rotatable bonds is 3. The van der Waals surface area contributed by atoms with Gasteiger partial charge in [0, 0.05) is 36.4 Å². The molecule has 140 valence electrons. The first-order chi connectivity index (χ1) is 12.8.